The first kappa shape index (κ1) is 15.9. The topological polar surface area (TPSA) is 66.4 Å². The normalized spacial score (nSPS) is 23.8. The number of hydrogen-bond donors (Lipinski definition) is 2. The lowest BCUT2D eigenvalue weighted by atomic mass is 9.94. The first-order valence-electron chi connectivity index (χ1n) is 6.91. The van der Waals surface area contributed by atoms with E-state index in [1.807, 2.05) is 13.0 Å². The van der Waals surface area contributed by atoms with E-state index in [2.05, 4.69) is 20.7 Å². The Morgan fingerprint density at radius 3 is 2.55 bits per heavy atom. The van der Waals surface area contributed by atoms with Crippen LogP contribution in [0.15, 0.2) is 27.6 Å². The van der Waals surface area contributed by atoms with Crippen LogP contribution in [0, 0.1) is 0 Å². The first-order chi connectivity index (χ1) is 9.42. The van der Waals surface area contributed by atoms with Gasteiger partial charge in [0.15, 0.2) is 0 Å². The molecule has 0 bridgehead atoms. The van der Waals surface area contributed by atoms with Crippen LogP contribution in [0.5, 0.6) is 0 Å². The average molecular weight is 362 g/mol. The highest BCUT2D eigenvalue weighted by Crippen LogP contribution is 2.24. The molecule has 0 atom stereocenters. The lowest BCUT2D eigenvalue weighted by Crippen LogP contribution is -2.38. The fourth-order valence-corrected chi connectivity index (χ4v) is 4.57. The summed E-state index contributed by atoms with van der Waals surface area (Å²) in [6.07, 6.45) is 3.09. The summed E-state index contributed by atoms with van der Waals surface area (Å²) in [5.74, 6) is 0. The van der Waals surface area contributed by atoms with Crippen LogP contribution < -0.4 is 4.72 Å². The number of nitrogens with one attached hydrogen (secondary N) is 1. The fraction of sp³-hybridized carbons (Fsp3) is 0.571. The van der Waals surface area contributed by atoms with Gasteiger partial charge in [0.05, 0.1) is 11.0 Å². The van der Waals surface area contributed by atoms with Gasteiger partial charge in [-0.25, -0.2) is 13.1 Å². The first-order valence-corrected chi connectivity index (χ1v) is 9.19. The van der Waals surface area contributed by atoms with Crippen molar-refractivity contribution in [1.82, 2.24) is 4.72 Å². The van der Waals surface area contributed by atoms with Gasteiger partial charge in [0.1, 0.15) is 0 Å². The smallest absolute Gasteiger partial charge is 0.241 e. The van der Waals surface area contributed by atoms with E-state index in [1.165, 1.54) is 0 Å². The van der Waals surface area contributed by atoms with Crippen molar-refractivity contribution < 1.29 is 13.5 Å². The van der Waals surface area contributed by atoms with Gasteiger partial charge in [-0.3, -0.25) is 0 Å². The van der Waals surface area contributed by atoms with E-state index in [0.717, 1.165) is 10.0 Å². The summed E-state index contributed by atoms with van der Waals surface area (Å²) in [6.45, 7) is 1.94. The van der Waals surface area contributed by atoms with Crippen molar-refractivity contribution >= 4 is 26.0 Å². The Kier molecular flexibility index (Phi) is 5.23. The summed E-state index contributed by atoms with van der Waals surface area (Å²) in [7, 11) is -3.49. The number of aliphatic hydroxyl groups is 1. The molecule has 1 aromatic rings. The summed E-state index contributed by atoms with van der Waals surface area (Å²) >= 11 is 3.37. The summed E-state index contributed by atoms with van der Waals surface area (Å²) in [6, 6.07) is 5.16. The number of rotatable bonds is 4. The highest BCUT2D eigenvalue weighted by atomic mass is 79.9. The van der Waals surface area contributed by atoms with Gasteiger partial charge in [0.2, 0.25) is 10.0 Å². The van der Waals surface area contributed by atoms with Gasteiger partial charge < -0.3 is 5.11 Å². The number of hydrogen-bond acceptors (Lipinski definition) is 3. The van der Waals surface area contributed by atoms with Gasteiger partial charge >= 0.3 is 0 Å². The van der Waals surface area contributed by atoms with Gasteiger partial charge in [0.25, 0.3) is 0 Å². The number of sulfonamides is 1. The Labute approximate surface area is 128 Å². The average Bonchev–Trinajstić information content (AvgIpc) is 2.40. The standard InChI is InChI=1S/C14H20BrNO3S/c1-2-10-9-11(15)3-8-14(10)20(18,19)16-12-4-6-13(17)7-5-12/h3,8-9,12-13,16-17H,2,4-7H2,1H3. The maximum Gasteiger partial charge on any atom is 0.241 e. The minimum absolute atomic E-state index is 0.0725. The molecule has 0 aliphatic heterocycles. The molecule has 4 nitrogen and oxygen atoms in total. The van der Waals surface area contributed by atoms with Crippen LogP contribution in [-0.4, -0.2) is 25.7 Å². The number of benzene rings is 1. The van der Waals surface area contributed by atoms with E-state index >= 15 is 0 Å². The minimum atomic E-state index is -3.49. The van der Waals surface area contributed by atoms with Crippen molar-refractivity contribution in [1.29, 1.82) is 0 Å². The lowest BCUT2D eigenvalue weighted by molar-refractivity contribution is 0.120. The molecule has 1 aliphatic carbocycles. The Hall–Kier alpha value is -0.430. The molecule has 0 aromatic heterocycles. The van der Waals surface area contributed by atoms with Crippen molar-refractivity contribution in [2.75, 3.05) is 0 Å². The second-order valence-electron chi connectivity index (χ2n) is 5.23. The summed E-state index contributed by atoms with van der Waals surface area (Å²) in [5.41, 5.74) is 0.808. The molecule has 0 unspecified atom stereocenters. The predicted octanol–water partition coefficient (Wildman–Crippen LogP) is 2.59. The highest BCUT2D eigenvalue weighted by molar-refractivity contribution is 9.10. The fourth-order valence-electron chi connectivity index (χ4n) is 2.56. The van der Waals surface area contributed by atoms with Crippen LogP contribution >= 0.6 is 15.9 Å². The summed E-state index contributed by atoms with van der Waals surface area (Å²) in [5, 5.41) is 9.47. The Balaban J connectivity index is 2.18. The molecular formula is C14H20BrNO3S. The molecule has 0 radical (unpaired) electrons. The van der Waals surface area contributed by atoms with Gasteiger partial charge in [-0.15, -0.1) is 0 Å². The highest BCUT2D eigenvalue weighted by Gasteiger charge is 2.26. The third kappa shape index (κ3) is 3.81. The Bertz CT molecular complexity index is 566. The Morgan fingerprint density at radius 1 is 1.30 bits per heavy atom. The zero-order valence-electron chi connectivity index (χ0n) is 11.5. The molecular weight excluding hydrogens is 342 g/mol. The number of halogens is 1. The second kappa shape index (κ2) is 6.56. The molecule has 112 valence electrons. The van der Waals surface area contributed by atoms with Crippen LogP contribution in [0.3, 0.4) is 0 Å². The largest absolute Gasteiger partial charge is 0.393 e. The maximum atomic E-state index is 12.5. The molecule has 2 rings (SSSR count). The van der Waals surface area contributed by atoms with Gasteiger partial charge in [-0.1, -0.05) is 22.9 Å². The van der Waals surface area contributed by atoms with E-state index in [-0.39, 0.29) is 12.1 Å². The molecule has 0 saturated heterocycles. The molecule has 2 N–H and O–H groups in total. The van der Waals surface area contributed by atoms with Gasteiger partial charge in [-0.2, -0.15) is 0 Å². The minimum Gasteiger partial charge on any atom is -0.393 e. The van der Waals surface area contributed by atoms with Crippen LogP contribution in [0.1, 0.15) is 38.2 Å². The van der Waals surface area contributed by atoms with Crippen LogP contribution in [0.4, 0.5) is 0 Å². The number of aliphatic hydroxyl groups excluding tert-OH is 1. The van der Waals surface area contributed by atoms with Crippen molar-refractivity contribution in [2.24, 2.45) is 0 Å². The van der Waals surface area contributed by atoms with E-state index < -0.39 is 10.0 Å². The SMILES string of the molecule is CCc1cc(Br)ccc1S(=O)(=O)NC1CCC(O)CC1. The summed E-state index contributed by atoms with van der Waals surface area (Å²) in [4.78, 5) is 0.356. The molecule has 0 heterocycles. The summed E-state index contributed by atoms with van der Waals surface area (Å²) < 4.78 is 28.6. The zero-order chi connectivity index (χ0) is 14.8. The van der Waals surface area contributed by atoms with Crippen molar-refractivity contribution in [3.05, 3.63) is 28.2 Å². The van der Waals surface area contributed by atoms with Gasteiger partial charge in [-0.05, 0) is 55.9 Å². The molecule has 6 heteroatoms. The third-order valence-corrected chi connectivity index (χ3v) is 5.83. The molecule has 0 amide bonds. The Morgan fingerprint density at radius 2 is 1.95 bits per heavy atom. The maximum absolute atomic E-state index is 12.5. The monoisotopic (exact) mass is 361 g/mol. The third-order valence-electron chi connectivity index (χ3n) is 3.71. The second-order valence-corrected chi connectivity index (χ2v) is 7.83. The van der Waals surface area contributed by atoms with Crippen molar-refractivity contribution in [2.45, 2.75) is 56.1 Å². The lowest BCUT2D eigenvalue weighted by Gasteiger charge is -2.26. The quantitative estimate of drug-likeness (QED) is 0.865. The van der Waals surface area contributed by atoms with E-state index in [1.54, 1.807) is 12.1 Å². The molecule has 1 fully saturated rings. The molecule has 0 spiro atoms. The van der Waals surface area contributed by atoms with E-state index in [4.69, 9.17) is 0 Å². The molecule has 1 saturated carbocycles. The van der Waals surface area contributed by atoms with E-state index in [9.17, 15) is 13.5 Å². The van der Waals surface area contributed by atoms with Crippen molar-refractivity contribution in [3.63, 3.8) is 0 Å². The molecule has 20 heavy (non-hydrogen) atoms. The van der Waals surface area contributed by atoms with Crippen molar-refractivity contribution in [3.8, 4) is 0 Å². The predicted molar refractivity (Wildman–Crippen MR) is 82.1 cm³/mol. The zero-order valence-corrected chi connectivity index (χ0v) is 13.9. The van der Waals surface area contributed by atoms with Crippen LogP contribution in [0.25, 0.3) is 0 Å². The molecule has 1 aliphatic rings. The van der Waals surface area contributed by atoms with Crippen LogP contribution in [-0.2, 0) is 16.4 Å². The van der Waals surface area contributed by atoms with Crippen LogP contribution in [0.2, 0.25) is 0 Å². The van der Waals surface area contributed by atoms with E-state index in [0.29, 0.717) is 37.0 Å². The molecule has 1 aromatic carbocycles. The number of aryl methyl sites for hydroxylation is 1. The van der Waals surface area contributed by atoms with Gasteiger partial charge in [0, 0.05) is 10.5 Å².